The Balaban J connectivity index is 1.72. The second-order valence-electron chi connectivity index (χ2n) is 7.15. The van der Waals surface area contributed by atoms with E-state index in [1.54, 1.807) is 12.1 Å². The molecule has 1 aliphatic rings. The molecule has 1 heterocycles. The van der Waals surface area contributed by atoms with Gasteiger partial charge in [0.1, 0.15) is 0 Å². The Hall–Kier alpha value is -3.23. The van der Waals surface area contributed by atoms with Crippen LogP contribution in [0.3, 0.4) is 0 Å². The Morgan fingerprint density at radius 1 is 1.03 bits per heavy atom. The van der Waals surface area contributed by atoms with Crippen molar-refractivity contribution in [2.24, 2.45) is 5.73 Å². The van der Waals surface area contributed by atoms with E-state index in [1.165, 1.54) is 18.2 Å². The summed E-state index contributed by atoms with van der Waals surface area (Å²) in [6.07, 6.45) is -1.26. The van der Waals surface area contributed by atoms with E-state index in [2.05, 4.69) is 15.5 Å². The number of carbonyl (C=O) groups is 2. The molecule has 1 aliphatic heterocycles. The third kappa shape index (κ3) is 5.43. The van der Waals surface area contributed by atoms with Gasteiger partial charge in [0.2, 0.25) is 5.91 Å². The number of benzene rings is 2. The molecular weight excluding hydrogens is 397 g/mol. The van der Waals surface area contributed by atoms with Gasteiger partial charge in [0.25, 0.3) is 0 Å². The summed E-state index contributed by atoms with van der Waals surface area (Å²) >= 11 is 0. The van der Waals surface area contributed by atoms with Gasteiger partial charge in [-0.15, -0.1) is 0 Å². The van der Waals surface area contributed by atoms with Crippen molar-refractivity contribution in [1.82, 2.24) is 5.32 Å². The minimum Gasteiger partial charge on any atom is -0.370 e. The van der Waals surface area contributed by atoms with E-state index in [4.69, 9.17) is 5.73 Å². The van der Waals surface area contributed by atoms with E-state index in [0.717, 1.165) is 50.2 Å². The normalized spacial score (nSPS) is 14.3. The molecule has 0 unspecified atom stereocenters. The van der Waals surface area contributed by atoms with Crippen molar-refractivity contribution in [1.29, 1.82) is 0 Å². The monoisotopic (exact) mass is 420 g/mol. The fourth-order valence-electron chi connectivity index (χ4n) is 3.41. The van der Waals surface area contributed by atoms with Crippen molar-refractivity contribution in [3.63, 3.8) is 0 Å². The molecular formula is C21H23F3N4O2. The Morgan fingerprint density at radius 2 is 1.77 bits per heavy atom. The first-order valence-corrected chi connectivity index (χ1v) is 9.64. The summed E-state index contributed by atoms with van der Waals surface area (Å²) in [6.45, 7) is 1.58. The zero-order chi connectivity index (χ0) is 21.7. The zero-order valence-corrected chi connectivity index (χ0v) is 16.3. The van der Waals surface area contributed by atoms with Gasteiger partial charge >= 0.3 is 12.2 Å². The largest absolute Gasteiger partial charge is 0.416 e. The van der Waals surface area contributed by atoms with Gasteiger partial charge in [-0.1, -0.05) is 12.1 Å². The minimum absolute atomic E-state index is 0.0791. The van der Waals surface area contributed by atoms with Crippen molar-refractivity contribution in [3.8, 4) is 0 Å². The van der Waals surface area contributed by atoms with Crippen LogP contribution in [0.1, 0.15) is 40.7 Å². The molecule has 2 aromatic rings. The summed E-state index contributed by atoms with van der Waals surface area (Å²) in [5, 5.41) is 5.25. The molecule has 4 N–H and O–H groups in total. The lowest BCUT2D eigenvalue weighted by atomic mass is 10.1. The number of nitrogens with one attached hydrogen (secondary N) is 2. The van der Waals surface area contributed by atoms with Crippen LogP contribution in [0.15, 0.2) is 42.5 Å². The van der Waals surface area contributed by atoms with Gasteiger partial charge in [0, 0.05) is 25.2 Å². The molecule has 0 atom stereocenters. The zero-order valence-electron chi connectivity index (χ0n) is 16.3. The predicted octanol–water partition coefficient (Wildman–Crippen LogP) is 4.12. The molecule has 1 fully saturated rings. The van der Waals surface area contributed by atoms with Gasteiger partial charge < -0.3 is 21.3 Å². The molecule has 2 aromatic carbocycles. The number of rotatable bonds is 5. The fraction of sp³-hybridized carbons (Fsp3) is 0.333. The van der Waals surface area contributed by atoms with Gasteiger partial charge in [-0.2, -0.15) is 13.2 Å². The Morgan fingerprint density at radius 3 is 2.43 bits per heavy atom. The van der Waals surface area contributed by atoms with E-state index >= 15 is 0 Å². The quantitative estimate of drug-likeness (QED) is 0.680. The molecule has 9 heteroatoms. The van der Waals surface area contributed by atoms with Crippen LogP contribution in [0, 0.1) is 0 Å². The second kappa shape index (κ2) is 9.06. The minimum atomic E-state index is -4.45. The van der Waals surface area contributed by atoms with Crippen molar-refractivity contribution >= 4 is 23.3 Å². The number of carbonyl (C=O) groups excluding carboxylic acids is 2. The molecule has 160 valence electrons. The maximum atomic E-state index is 12.8. The number of piperidine rings is 1. The maximum absolute atomic E-state index is 12.8. The standard InChI is InChI=1S/C21H23F3N4O2/c22-21(23,24)16-6-4-5-14(11-16)13-26-20(30)27-17-12-15(19(25)29)7-8-18(17)28-9-2-1-3-10-28/h4-8,11-12H,1-3,9-10,13H2,(H2,25,29)(H2,26,27,30). The smallest absolute Gasteiger partial charge is 0.370 e. The van der Waals surface area contributed by atoms with Crippen LogP contribution in [0.25, 0.3) is 0 Å². The molecule has 0 aliphatic carbocycles. The number of amides is 3. The van der Waals surface area contributed by atoms with E-state index in [-0.39, 0.29) is 12.1 Å². The highest BCUT2D eigenvalue weighted by Gasteiger charge is 2.30. The number of nitrogens with two attached hydrogens (primary N) is 1. The molecule has 3 rings (SSSR count). The van der Waals surface area contributed by atoms with Crippen molar-refractivity contribution in [2.45, 2.75) is 32.0 Å². The summed E-state index contributed by atoms with van der Waals surface area (Å²) in [7, 11) is 0. The fourth-order valence-corrected chi connectivity index (χ4v) is 3.41. The van der Waals surface area contributed by atoms with E-state index in [0.29, 0.717) is 11.3 Å². The highest BCUT2D eigenvalue weighted by Crippen LogP contribution is 2.30. The van der Waals surface area contributed by atoms with E-state index in [1.807, 2.05) is 0 Å². The SMILES string of the molecule is NC(=O)c1ccc(N2CCCCC2)c(NC(=O)NCc2cccc(C(F)(F)F)c2)c1. The van der Waals surface area contributed by atoms with Gasteiger partial charge in [-0.05, 0) is 55.2 Å². The Labute approximate surface area is 172 Å². The van der Waals surface area contributed by atoms with Crippen LogP contribution in [-0.2, 0) is 12.7 Å². The number of hydrogen-bond donors (Lipinski definition) is 3. The van der Waals surface area contributed by atoms with Crippen LogP contribution >= 0.6 is 0 Å². The van der Waals surface area contributed by atoms with Crippen LogP contribution in [0.4, 0.5) is 29.3 Å². The predicted molar refractivity (Wildman–Crippen MR) is 108 cm³/mol. The second-order valence-corrected chi connectivity index (χ2v) is 7.15. The maximum Gasteiger partial charge on any atom is 0.416 e. The number of primary amides is 1. The Bertz CT molecular complexity index is 925. The number of anilines is 2. The first kappa shape index (κ1) is 21.5. The van der Waals surface area contributed by atoms with Gasteiger partial charge in [0.15, 0.2) is 0 Å². The molecule has 0 saturated carbocycles. The van der Waals surface area contributed by atoms with Gasteiger partial charge in [-0.25, -0.2) is 4.79 Å². The van der Waals surface area contributed by atoms with Gasteiger partial charge in [0.05, 0.1) is 16.9 Å². The number of hydrogen-bond acceptors (Lipinski definition) is 3. The molecule has 0 radical (unpaired) electrons. The molecule has 0 spiro atoms. The average molecular weight is 420 g/mol. The summed E-state index contributed by atoms with van der Waals surface area (Å²) < 4.78 is 38.5. The summed E-state index contributed by atoms with van der Waals surface area (Å²) in [6, 6.07) is 9.04. The first-order chi connectivity index (χ1) is 14.2. The molecule has 0 bridgehead atoms. The summed E-state index contributed by atoms with van der Waals surface area (Å²) in [4.78, 5) is 26.1. The van der Waals surface area contributed by atoms with Crippen molar-refractivity contribution in [3.05, 3.63) is 59.2 Å². The first-order valence-electron chi connectivity index (χ1n) is 9.64. The van der Waals surface area contributed by atoms with Crippen molar-refractivity contribution < 1.29 is 22.8 Å². The lowest BCUT2D eigenvalue weighted by molar-refractivity contribution is -0.137. The van der Waals surface area contributed by atoms with Crippen LogP contribution in [0.2, 0.25) is 0 Å². The molecule has 30 heavy (non-hydrogen) atoms. The lowest BCUT2D eigenvalue weighted by Crippen LogP contribution is -2.32. The van der Waals surface area contributed by atoms with Crippen LogP contribution < -0.4 is 21.3 Å². The van der Waals surface area contributed by atoms with Crippen molar-refractivity contribution in [2.75, 3.05) is 23.3 Å². The number of urea groups is 1. The topological polar surface area (TPSA) is 87.5 Å². The van der Waals surface area contributed by atoms with Crippen LogP contribution in [0.5, 0.6) is 0 Å². The van der Waals surface area contributed by atoms with Gasteiger partial charge in [-0.3, -0.25) is 4.79 Å². The molecule has 0 aromatic heterocycles. The number of halogens is 3. The Kier molecular flexibility index (Phi) is 6.49. The third-order valence-electron chi connectivity index (χ3n) is 4.93. The molecule has 6 nitrogen and oxygen atoms in total. The summed E-state index contributed by atoms with van der Waals surface area (Å²) in [5.41, 5.74) is 6.35. The lowest BCUT2D eigenvalue weighted by Gasteiger charge is -2.30. The average Bonchev–Trinajstić information content (AvgIpc) is 2.72. The van der Waals surface area contributed by atoms with E-state index < -0.39 is 23.7 Å². The van der Waals surface area contributed by atoms with Crippen LogP contribution in [-0.4, -0.2) is 25.0 Å². The number of alkyl halides is 3. The van der Waals surface area contributed by atoms with E-state index in [9.17, 15) is 22.8 Å². The number of nitrogens with zero attached hydrogens (tertiary/aromatic N) is 1. The third-order valence-corrected chi connectivity index (χ3v) is 4.93. The highest BCUT2D eigenvalue weighted by molar-refractivity contribution is 5.98. The highest BCUT2D eigenvalue weighted by atomic mass is 19.4. The summed E-state index contributed by atoms with van der Waals surface area (Å²) in [5.74, 6) is -0.618. The molecule has 3 amide bonds. The molecule has 1 saturated heterocycles.